The van der Waals surface area contributed by atoms with E-state index in [0.717, 1.165) is 6.08 Å². The molecule has 0 bridgehead atoms. The molecule has 0 amide bonds. The van der Waals surface area contributed by atoms with Crippen LogP contribution in [0.15, 0.2) is 12.4 Å². The van der Waals surface area contributed by atoms with Crippen molar-refractivity contribution in [3.05, 3.63) is 23.1 Å². The van der Waals surface area contributed by atoms with E-state index in [1.165, 1.54) is 12.4 Å². The second kappa shape index (κ2) is 3.86. The number of hydrogen-bond donors (Lipinski definition) is 2. The second-order valence-electron chi connectivity index (χ2n) is 2.13. The lowest BCUT2D eigenvalue weighted by Gasteiger charge is -1.98. The van der Waals surface area contributed by atoms with Gasteiger partial charge >= 0.3 is 5.97 Å². The molecular weight excluding hydrogens is 194 g/mol. The van der Waals surface area contributed by atoms with E-state index in [2.05, 4.69) is 9.97 Å². The molecule has 13 heavy (non-hydrogen) atoms. The van der Waals surface area contributed by atoms with Crippen LogP contribution in [0.25, 0.3) is 6.08 Å². The Kier molecular flexibility index (Phi) is 2.81. The van der Waals surface area contributed by atoms with Crippen LogP contribution in [0.3, 0.4) is 0 Å². The third kappa shape index (κ3) is 2.41. The van der Waals surface area contributed by atoms with Crippen LogP contribution in [-0.2, 0) is 4.79 Å². The summed E-state index contributed by atoms with van der Waals surface area (Å²) in [5.41, 5.74) is 5.74. The largest absolute Gasteiger partial charge is 0.478 e. The predicted octanol–water partition coefficient (Wildman–Crippen LogP) is 0.810. The summed E-state index contributed by atoms with van der Waals surface area (Å²) >= 11 is 5.64. The van der Waals surface area contributed by atoms with Crippen LogP contribution < -0.4 is 5.73 Å². The molecule has 1 aromatic heterocycles. The number of rotatable bonds is 2. The lowest BCUT2D eigenvalue weighted by molar-refractivity contribution is -0.131. The maximum absolute atomic E-state index is 10.2. The zero-order valence-corrected chi connectivity index (χ0v) is 7.19. The van der Waals surface area contributed by atoms with Gasteiger partial charge in [0.1, 0.15) is 17.3 Å². The number of carboxylic acids is 1. The summed E-state index contributed by atoms with van der Waals surface area (Å²) in [6.07, 6.45) is 3.37. The molecule has 0 aliphatic carbocycles. The maximum Gasteiger partial charge on any atom is 0.328 e. The van der Waals surface area contributed by atoms with Crippen LogP contribution in [-0.4, -0.2) is 21.0 Å². The number of nitrogens with two attached hydrogens (primary N) is 1. The normalized spacial score (nSPS) is 10.5. The molecule has 0 aliphatic rings. The van der Waals surface area contributed by atoms with Gasteiger partial charge in [-0.2, -0.15) is 0 Å². The quantitative estimate of drug-likeness (QED) is 0.544. The Hall–Kier alpha value is -1.62. The van der Waals surface area contributed by atoms with E-state index in [0.29, 0.717) is 5.56 Å². The van der Waals surface area contributed by atoms with Crippen LogP contribution in [0.2, 0.25) is 5.15 Å². The number of carbonyl (C=O) groups is 1. The number of aromatic nitrogens is 2. The van der Waals surface area contributed by atoms with Gasteiger partial charge in [0.05, 0.1) is 5.56 Å². The fourth-order valence-electron chi connectivity index (χ4n) is 0.695. The summed E-state index contributed by atoms with van der Waals surface area (Å²) in [5, 5.41) is 8.47. The lowest BCUT2D eigenvalue weighted by atomic mass is 10.3. The molecule has 5 nitrogen and oxygen atoms in total. The summed E-state index contributed by atoms with van der Waals surface area (Å²) in [4.78, 5) is 17.5. The van der Waals surface area contributed by atoms with E-state index in [1.807, 2.05) is 0 Å². The van der Waals surface area contributed by atoms with Gasteiger partial charge in [-0.3, -0.25) is 0 Å². The zero-order chi connectivity index (χ0) is 9.84. The minimum Gasteiger partial charge on any atom is -0.478 e. The van der Waals surface area contributed by atoms with Gasteiger partial charge in [-0.15, -0.1) is 0 Å². The SMILES string of the molecule is Nc1ncnc(Cl)c1/C=C/C(=O)O. The Morgan fingerprint density at radius 1 is 1.62 bits per heavy atom. The fourth-order valence-corrected chi connectivity index (χ4v) is 0.899. The van der Waals surface area contributed by atoms with Crippen LogP contribution in [0.4, 0.5) is 5.82 Å². The molecule has 6 heteroatoms. The summed E-state index contributed by atoms with van der Waals surface area (Å²) in [5.74, 6) is -0.934. The molecule has 0 spiro atoms. The van der Waals surface area contributed by atoms with Gasteiger partial charge in [0.25, 0.3) is 0 Å². The zero-order valence-electron chi connectivity index (χ0n) is 6.44. The van der Waals surface area contributed by atoms with Crippen LogP contribution in [0, 0.1) is 0 Å². The topological polar surface area (TPSA) is 89.1 Å². The van der Waals surface area contributed by atoms with E-state index >= 15 is 0 Å². The van der Waals surface area contributed by atoms with Gasteiger partial charge in [-0.25, -0.2) is 14.8 Å². The minimum absolute atomic E-state index is 0.130. The Morgan fingerprint density at radius 3 is 2.85 bits per heavy atom. The molecule has 3 N–H and O–H groups in total. The number of carboxylic acid groups (broad SMARTS) is 1. The Labute approximate surface area is 78.9 Å². The van der Waals surface area contributed by atoms with Gasteiger partial charge in [-0.05, 0) is 6.08 Å². The first-order valence-electron chi connectivity index (χ1n) is 3.28. The number of aliphatic carboxylic acids is 1. The monoisotopic (exact) mass is 199 g/mol. The van der Waals surface area contributed by atoms with E-state index in [4.69, 9.17) is 22.4 Å². The maximum atomic E-state index is 10.2. The summed E-state index contributed by atoms with van der Waals surface area (Å²) in [6, 6.07) is 0. The molecule has 1 heterocycles. The predicted molar refractivity (Wildman–Crippen MR) is 48.1 cm³/mol. The third-order valence-electron chi connectivity index (χ3n) is 1.26. The highest BCUT2D eigenvalue weighted by molar-refractivity contribution is 6.31. The first kappa shape index (κ1) is 9.47. The molecule has 0 aromatic carbocycles. The highest BCUT2D eigenvalue weighted by Gasteiger charge is 2.03. The average molecular weight is 200 g/mol. The van der Waals surface area contributed by atoms with Crippen molar-refractivity contribution in [3.8, 4) is 0 Å². The van der Waals surface area contributed by atoms with E-state index in [9.17, 15) is 4.79 Å². The van der Waals surface area contributed by atoms with Crippen LogP contribution in [0.5, 0.6) is 0 Å². The first-order chi connectivity index (χ1) is 6.11. The van der Waals surface area contributed by atoms with Crippen molar-refractivity contribution in [2.45, 2.75) is 0 Å². The van der Waals surface area contributed by atoms with Crippen molar-refractivity contribution >= 4 is 29.5 Å². The van der Waals surface area contributed by atoms with Crippen molar-refractivity contribution in [1.29, 1.82) is 0 Å². The molecule has 0 saturated heterocycles. The number of halogens is 1. The molecule has 0 aliphatic heterocycles. The van der Waals surface area contributed by atoms with E-state index < -0.39 is 5.97 Å². The van der Waals surface area contributed by atoms with Crippen LogP contribution >= 0.6 is 11.6 Å². The number of hydrogen-bond acceptors (Lipinski definition) is 4. The molecule has 0 saturated carbocycles. The van der Waals surface area contributed by atoms with Gasteiger partial charge in [0.2, 0.25) is 0 Å². The van der Waals surface area contributed by atoms with E-state index in [1.54, 1.807) is 0 Å². The van der Waals surface area contributed by atoms with Gasteiger partial charge in [0.15, 0.2) is 0 Å². The number of nitrogen functional groups attached to an aromatic ring is 1. The average Bonchev–Trinajstić information content (AvgIpc) is 2.03. The second-order valence-corrected chi connectivity index (χ2v) is 2.49. The molecule has 68 valence electrons. The molecular formula is C7H6ClN3O2. The Balaban J connectivity index is 3.06. The summed E-state index contributed by atoms with van der Waals surface area (Å²) < 4.78 is 0. The van der Waals surface area contributed by atoms with Crippen molar-refractivity contribution in [2.75, 3.05) is 5.73 Å². The van der Waals surface area contributed by atoms with Gasteiger partial charge < -0.3 is 10.8 Å². The minimum atomic E-state index is -1.08. The highest BCUT2D eigenvalue weighted by Crippen LogP contribution is 2.18. The first-order valence-corrected chi connectivity index (χ1v) is 3.66. The molecule has 0 radical (unpaired) electrons. The standard InChI is InChI=1S/C7H6ClN3O2/c8-6-4(1-2-5(12)13)7(9)11-3-10-6/h1-3H,(H,12,13)(H2,9,10,11)/b2-1+. The van der Waals surface area contributed by atoms with Gasteiger partial charge in [0, 0.05) is 6.08 Å². The van der Waals surface area contributed by atoms with Crippen LogP contribution in [0.1, 0.15) is 5.56 Å². The molecule has 1 aromatic rings. The molecule has 0 unspecified atom stereocenters. The fraction of sp³-hybridized carbons (Fsp3) is 0. The number of anilines is 1. The van der Waals surface area contributed by atoms with Gasteiger partial charge in [-0.1, -0.05) is 11.6 Å². The third-order valence-corrected chi connectivity index (χ3v) is 1.56. The Bertz CT molecular complexity index is 345. The smallest absolute Gasteiger partial charge is 0.328 e. The lowest BCUT2D eigenvalue weighted by Crippen LogP contribution is -1.96. The molecule has 0 atom stereocenters. The molecule has 1 rings (SSSR count). The van der Waals surface area contributed by atoms with Crippen molar-refractivity contribution in [1.82, 2.24) is 9.97 Å². The highest BCUT2D eigenvalue weighted by atomic mass is 35.5. The summed E-state index contributed by atoms with van der Waals surface area (Å²) in [6.45, 7) is 0. The molecule has 0 fully saturated rings. The van der Waals surface area contributed by atoms with E-state index in [-0.39, 0.29) is 11.0 Å². The van der Waals surface area contributed by atoms with Crippen molar-refractivity contribution < 1.29 is 9.90 Å². The van der Waals surface area contributed by atoms with Crippen molar-refractivity contribution in [2.24, 2.45) is 0 Å². The Morgan fingerprint density at radius 2 is 2.31 bits per heavy atom. The summed E-state index contributed by atoms with van der Waals surface area (Å²) in [7, 11) is 0. The van der Waals surface area contributed by atoms with Crippen molar-refractivity contribution in [3.63, 3.8) is 0 Å². The number of nitrogens with zero attached hydrogens (tertiary/aromatic N) is 2.